The van der Waals surface area contributed by atoms with Gasteiger partial charge in [-0.2, -0.15) is 0 Å². The van der Waals surface area contributed by atoms with Gasteiger partial charge in [-0.25, -0.2) is 4.79 Å². The fraction of sp³-hybridized carbons (Fsp3) is 0.467. The first-order valence-corrected chi connectivity index (χ1v) is 6.25. The largest absolute Gasteiger partial charge is 0.444 e. The number of benzene rings is 1. The Morgan fingerprint density at radius 2 is 1.79 bits per heavy atom. The molecule has 19 heavy (non-hydrogen) atoms. The van der Waals surface area contributed by atoms with Crippen molar-refractivity contribution in [1.29, 1.82) is 0 Å². The average Bonchev–Trinajstić information content (AvgIpc) is 2.27. The summed E-state index contributed by atoms with van der Waals surface area (Å²) in [6.07, 6.45) is 0.582. The Balaban J connectivity index is 2.70. The van der Waals surface area contributed by atoms with E-state index >= 15 is 0 Å². The van der Waals surface area contributed by atoms with E-state index in [1.165, 1.54) is 0 Å². The van der Waals surface area contributed by atoms with Crippen molar-refractivity contribution in [2.75, 3.05) is 0 Å². The molecular formula is C15H21NO3. The van der Waals surface area contributed by atoms with E-state index in [0.717, 1.165) is 11.8 Å². The van der Waals surface area contributed by atoms with E-state index < -0.39 is 17.2 Å². The lowest BCUT2D eigenvalue weighted by molar-refractivity contribution is -0.112. The zero-order valence-corrected chi connectivity index (χ0v) is 11.9. The van der Waals surface area contributed by atoms with Gasteiger partial charge in [0, 0.05) is 6.42 Å². The SMILES string of the molecule is CC(C)(C)OC(=O)N[C@@](C)(C=O)Cc1ccccc1. The lowest BCUT2D eigenvalue weighted by Crippen LogP contribution is -2.50. The molecule has 4 heteroatoms. The summed E-state index contributed by atoms with van der Waals surface area (Å²) in [5.74, 6) is 0. The van der Waals surface area contributed by atoms with Gasteiger partial charge in [0.25, 0.3) is 0 Å². The smallest absolute Gasteiger partial charge is 0.408 e. The molecular weight excluding hydrogens is 242 g/mol. The van der Waals surface area contributed by atoms with Crippen LogP contribution in [0.2, 0.25) is 0 Å². The van der Waals surface area contributed by atoms with E-state index in [1.54, 1.807) is 27.7 Å². The number of rotatable bonds is 4. The second-order valence-corrected chi connectivity index (χ2v) is 5.82. The monoisotopic (exact) mass is 263 g/mol. The maximum absolute atomic E-state index is 11.7. The number of ether oxygens (including phenoxy) is 1. The predicted octanol–water partition coefficient (Wildman–Crippen LogP) is 2.71. The summed E-state index contributed by atoms with van der Waals surface area (Å²) in [5.41, 5.74) is -0.572. The van der Waals surface area contributed by atoms with Crippen molar-refractivity contribution in [3.8, 4) is 0 Å². The quantitative estimate of drug-likeness (QED) is 0.850. The van der Waals surface area contributed by atoms with Crippen molar-refractivity contribution in [3.05, 3.63) is 35.9 Å². The van der Waals surface area contributed by atoms with E-state index in [2.05, 4.69) is 5.32 Å². The first kappa shape index (κ1) is 15.2. The molecule has 0 spiro atoms. The number of nitrogens with one attached hydrogen (secondary N) is 1. The van der Waals surface area contributed by atoms with Crippen LogP contribution >= 0.6 is 0 Å². The van der Waals surface area contributed by atoms with Crippen LogP contribution in [0, 0.1) is 0 Å². The fourth-order valence-corrected chi connectivity index (χ4v) is 1.67. The van der Waals surface area contributed by atoms with Crippen LogP contribution in [0.25, 0.3) is 0 Å². The molecule has 104 valence electrons. The Morgan fingerprint density at radius 3 is 2.26 bits per heavy atom. The zero-order chi connectivity index (χ0) is 14.5. The molecule has 1 aromatic carbocycles. The molecule has 0 saturated carbocycles. The Hall–Kier alpha value is -1.84. The lowest BCUT2D eigenvalue weighted by Gasteiger charge is -2.27. The van der Waals surface area contributed by atoms with Crippen LogP contribution in [0.1, 0.15) is 33.3 Å². The average molecular weight is 263 g/mol. The van der Waals surface area contributed by atoms with Crippen LogP contribution < -0.4 is 5.32 Å². The highest BCUT2D eigenvalue weighted by Crippen LogP contribution is 2.13. The predicted molar refractivity (Wildman–Crippen MR) is 74.0 cm³/mol. The number of hydrogen-bond donors (Lipinski definition) is 1. The molecule has 1 N–H and O–H groups in total. The number of aldehydes is 1. The molecule has 0 unspecified atom stereocenters. The van der Waals surface area contributed by atoms with Crippen LogP contribution in [0.5, 0.6) is 0 Å². The number of carbonyl (C=O) groups excluding carboxylic acids is 2. The summed E-state index contributed by atoms with van der Waals surface area (Å²) in [7, 11) is 0. The summed E-state index contributed by atoms with van der Waals surface area (Å²) in [6.45, 7) is 7.02. The lowest BCUT2D eigenvalue weighted by atomic mass is 9.94. The second kappa shape index (κ2) is 5.87. The van der Waals surface area contributed by atoms with Gasteiger partial charge >= 0.3 is 6.09 Å². The normalized spacial score (nSPS) is 14.3. The highest BCUT2D eigenvalue weighted by atomic mass is 16.6. The third-order valence-corrected chi connectivity index (χ3v) is 2.46. The molecule has 1 aromatic rings. The van der Waals surface area contributed by atoms with Gasteiger partial charge in [-0.3, -0.25) is 0 Å². The fourth-order valence-electron chi connectivity index (χ4n) is 1.67. The van der Waals surface area contributed by atoms with Gasteiger partial charge in [-0.05, 0) is 33.3 Å². The Kier molecular flexibility index (Phi) is 4.70. The summed E-state index contributed by atoms with van der Waals surface area (Å²) in [4.78, 5) is 23.0. The van der Waals surface area contributed by atoms with Gasteiger partial charge < -0.3 is 14.8 Å². The van der Waals surface area contributed by atoms with Crippen molar-refractivity contribution >= 4 is 12.4 Å². The highest BCUT2D eigenvalue weighted by molar-refractivity contribution is 5.76. The van der Waals surface area contributed by atoms with Crippen LogP contribution in [0.15, 0.2) is 30.3 Å². The molecule has 1 rings (SSSR count). The highest BCUT2D eigenvalue weighted by Gasteiger charge is 2.28. The maximum atomic E-state index is 11.7. The standard InChI is InChI=1S/C15H21NO3/c1-14(2,3)19-13(18)16-15(4,11-17)10-12-8-6-5-7-9-12/h5-9,11H,10H2,1-4H3,(H,16,18)/t15-/m1/s1. The molecule has 0 saturated heterocycles. The Labute approximate surface area is 114 Å². The van der Waals surface area contributed by atoms with Crippen molar-refractivity contribution in [3.63, 3.8) is 0 Å². The molecule has 1 amide bonds. The van der Waals surface area contributed by atoms with E-state index in [0.29, 0.717) is 6.42 Å². The Bertz CT molecular complexity index is 436. The second-order valence-electron chi connectivity index (χ2n) is 5.82. The van der Waals surface area contributed by atoms with Crippen LogP contribution in [0.4, 0.5) is 4.79 Å². The minimum Gasteiger partial charge on any atom is -0.444 e. The first-order valence-electron chi connectivity index (χ1n) is 6.25. The third-order valence-electron chi connectivity index (χ3n) is 2.46. The molecule has 0 bridgehead atoms. The molecule has 4 nitrogen and oxygen atoms in total. The van der Waals surface area contributed by atoms with E-state index in [9.17, 15) is 9.59 Å². The van der Waals surface area contributed by atoms with E-state index in [-0.39, 0.29) is 0 Å². The van der Waals surface area contributed by atoms with Gasteiger partial charge in [0.1, 0.15) is 11.9 Å². The molecule has 0 radical (unpaired) electrons. The summed E-state index contributed by atoms with van der Waals surface area (Å²) >= 11 is 0. The first-order chi connectivity index (χ1) is 8.74. The maximum Gasteiger partial charge on any atom is 0.408 e. The van der Waals surface area contributed by atoms with E-state index in [4.69, 9.17) is 4.74 Å². The van der Waals surface area contributed by atoms with Gasteiger partial charge in [0.05, 0.1) is 5.54 Å². The minimum atomic E-state index is -0.969. The number of hydrogen-bond acceptors (Lipinski definition) is 3. The molecule has 0 heterocycles. The van der Waals surface area contributed by atoms with Crippen LogP contribution in [-0.4, -0.2) is 23.5 Å². The summed E-state index contributed by atoms with van der Waals surface area (Å²) in [5, 5.41) is 2.62. The third kappa shape index (κ3) is 5.55. The van der Waals surface area contributed by atoms with Crippen LogP contribution in [0.3, 0.4) is 0 Å². The summed E-state index contributed by atoms with van der Waals surface area (Å²) < 4.78 is 5.16. The number of alkyl carbamates (subject to hydrolysis) is 1. The van der Waals surface area contributed by atoms with Crippen molar-refractivity contribution in [2.45, 2.75) is 45.3 Å². The zero-order valence-electron chi connectivity index (χ0n) is 11.9. The summed E-state index contributed by atoms with van der Waals surface area (Å²) in [6, 6.07) is 9.53. The van der Waals surface area contributed by atoms with Gasteiger partial charge in [-0.15, -0.1) is 0 Å². The minimum absolute atomic E-state index is 0.427. The van der Waals surface area contributed by atoms with Gasteiger partial charge in [0.15, 0.2) is 0 Å². The van der Waals surface area contributed by atoms with Crippen LogP contribution in [-0.2, 0) is 16.0 Å². The molecule has 0 aliphatic carbocycles. The van der Waals surface area contributed by atoms with Gasteiger partial charge in [0.2, 0.25) is 0 Å². The topological polar surface area (TPSA) is 55.4 Å². The molecule has 0 aromatic heterocycles. The van der Waals surface area contributed by atoms with E-state index in [1.807, 2.05) is 30.3 Å². The molecule has 0 fully saturated rings. The molecule has 0 aliphatic rings. The number of carbonyl (C=O) groups is 2. The van der Waals surface area contributed by atoms with Crippen molar-refractivity contribution in [1.82, 2.24) is 5.32 Å². The number of amides is 1. The molecule has 0 aliphatic heterocycles. The van der Waals surface area contributed by atoms with Crippen molar-refractivity contribution < 1.29 is 14.3 Å². The molecule has 1 atom stereocenters. The van der Waals surface area contributed by atoms with Crippen molar-refractivity contribution in [2.24, 2.45) is 0 Å². The Morgan fingerprint density at radius 1 is 1.21 bits per heavy atom. The van der Waals surface area contributed by atoms with Gasteiger partial charge in [-0.1, -0.05) is 30.3 Å².